The summed E-state index contributed by atoms with van der Waals surface area (Å²) in [7, 11) is 3.15. The molecule has 1 N–H and O–H groups in total. The first-order chi connectivity index (χ1) is 17.9. The Morgan fingerprint density at radius 2 is 1.84 bits per heavy atom. The van der Waals surface area contributed by atoms with Crippen molar-refractivity contribution in [3.05, 3.63) is 83.7 Å². The van der Waals surface area contributed by atoms with Crippen LogP contribution in [0.2, 0.25) is 0 Å². The average molecular weight is 522 g/mol. The zero-order valence-corrected chi connectivity index (χ0v) is 21.7. The van der Waals surface area contributed by atoms with Crippen LogP contribution in [0.3, 0.4) is 0 Å². The zero-order chi connectivity index (χ0) is 26.4. The molecule has 0 saturated carbocycles. The van der Waals surface area contributed by atoms with Gasteiger partial charge in [0, 0.05) is 18.7 Å². The summed E-state index contributed by atoms with van der Waals surface area (Å²) < 4.78 is 24.1. The maximum absolute atomic E-state index is 13.4. The Hall–Kier alpha value is -3.85. The van der Waals surface area contributed by atoms with Crippen molar-refractivity contribution < 1.29 is 23.5 Å². The van der Waals surface area contributed by atoms with Gasteiger partial charge in [0.2, 0.25) is 11.8 Å². The maximum atomic E-state index is 13.4. The lowest BCUT2D eigenvalue weighted by molar-refractivity contribution is -0.129. The Morgan fingerprint density at radius 3 is 2.54 bits per heavy atom. The fourth-order valence-electron chi connectivity index (χ4n) is 3.91. The highest BCUT2D eigenvalue weighted by Crippen LogP contribution is 2.31. The molecule has 0 aliphatic carbocycles. The second kappa shape index (κ2) is 11.9. The van der Waals surface area contributed by atoms with E-state index in [1.54, 1.807) is 19.1 Å². The van der Waals surface area contributed by atoms with Gasteiger partial charge in [0.15, 0.2) is 16.7 Å². The van der Waals surface area contributed by atoms with Crippen LogP contribution >= 0.6 is 11.8 Å². The molecule has 3 aromatic carbocycles. The third-order valence-corrected chi connectivity index (χ3v) is 7.03. The summed E-state index contributed by atoms with van der Waals surface area (Å²) in [6, 6.07) is 18.8. The number of ether oxygens (including phenoxy) is 2. The smallest absolute Gasteiger partial charge is 0.238 e. The lowest BCUT2D eigenvalue weighted by atomic mass is 10.1. The van der Waals surface area contributed by atoms with E-state index in [-0.39, 0.29) is 24.1 Å². The molecule has 7 nitrogen and oxygen atoms in total. The van der Waals surface area contributed by atoms with E-state index in [0.717, 1.165) is 11.1 Å². The number of nitrogens with one attached hydrogen (secondary N) is 1. The van der Waals surface area contributed by atoms with Gasteiger partial charge in [0.25, 0.3) is 0 Å². The number of methoxy groups -OCH3 is 2. The number of nitrogens with zero attached hydrogens (tertiary/aromatic N) is 2. The first-order valence-electron chi connectivity index (χ1n) is 11.8. The van der Waals surface area contributed by atoms with Crippen molar-refractivity contribution in [3.63, 3.8) is 0 Å². The van der Waals surface area contributed by atoms with E-state index in [4.69, 9.17) is 9.47 Å². The Balaban J connectivity index is 1.55. The Kier molecular flexibility index (Phi) is 8.45. The Labute approximate surface area is 219 Å². The van der Waals surface area contributed by atoms with E-state index in [9.17, 15) is 14.0 Å². The molecule has 0 spiro atoms. The van der Waals surface area contributed by atoms with E-state index < -0.39 is 5.25 Å². The van der Waals surface area contributed by atoms with E-state index in [0.29, 0.717) is 41.0 Å². The molecule has 1 fully saturated rings. The lowest BCUT2D eigenvalue weighted by Gasteiger charge is -2.32. The van der Waals surface area contributed by atoms with Crippen molar-refractivity contribution in [2.75, 3.05) is 26.1 Å². The average Bonchev–Trinajstić information content (AvgIpc) is 2.89. The van der Waals surface area contributed by atoms with Crippen LogP contribution in [0.5, 0.6) is 11.5 Å². The standard InChI is InChI=1S/C28H28FN3O4S/c1-18-5-4-6-22(15-18)30-27(34)25-17-26(33)32(28(37-25)31-21-10-8-20(29)9-11-21)14-13-19-7-12-23(35-2)24(16-19)36-3/h4-12,15-16,25H,13-14,17H2,1-3H3,(H,30,34). The number of anilines is 1. The normalized spacial score (nSPS) is 16.5. The summed E-state index contributed by atoms with van der Waals surface area (Å²) in [6.07, 6.45) is 0.575. The number of aryl methyl sites for hydroxylation is 1. The van der Waals surface area contributed by atoms with Gasteiger partial charge in [-0.2, -0.15) is 0 Å². The van der Waals surface area contributed by atoms with Crippen LogP contribution in [0, 0.1) is 12.7 Å². The van der Waals surface area contributed by atoms with Gasteiger partial charge in [-0.3, -0.25) is 14.5 Å². The highest BCUT2D eigenvalue weighted by atomic mass is 32.2. The van der Waals surface area contributed by atoms with Gasteiger partial charge >= 0.3 is 0 Å². The van der Waals surface area contributed by atoms with E-state index in [2.05, 4.69) is 10.3 Å². The van der Waals surface area contributed by atoms with E-state index in [1.165, 1.54) is 36.0 Å². The first-order valence-corrected chi connectivity index (χ1v) is 12.6. The summed E-state index contributed by atoms with van der Waals surface area (Å²) in [5.41, 5.74) is 3.14. The highest BCUT2D eigenvalue weighted by Gasteiger charge is 2.35. The minimum Gasteiger partial charge on any atom is -0.493 e. The van der Waals surface area contributed by atoms with E-state index >= 15 is 0 Å². The molecule has 37 heavy (non-hydrogen) atoms. The number of hydrogen-bond acceptors (Lipinski definition) is 6. The van der Waals surface area contributed by atoms with Gasteiger partial charge in [0.05, 0.1) is 19.9 Å². The van der Waals surface area contributed by atoms with Crippen molar-refractivity contribution in [1.82, 2.24) is 4.90 Å². The van der Waals surface area contributed by atoms with Crippen molar-refractivity contribution in [1.29, 1.82) is 0 Å². The Morgan fingerprint density at radius 1 is 1.08 bits per heavy atom. The molecule has 3 aromatic rings. The second-order valence-electron chi connectivity index (χ2n) is 8.52. The van der Waals surface area contributed by atoms with E-state index in [1.807, 2.05) is 49.4 Å². The number of halogens is 1. The SMILES string of the molecule is COc1ccc(CCN2C(=O)CC(C(=O)Nc3cccc(C)c3)SC2=Nc2ccc(F)cc2)cc1OC. The third kappa shape index (κ3) is 6.68. The zero-order valence-electron chi connectivity index (χ0n) is 20.9. The molecular weight excluding hydrogens is 493 g/mol. The summed E-state index contributed by atoms with van der Waals surface area (Å²) in [6.45, 7) is 2.30. The number of amidine groups is 1. The quantitative estimate of drug-likeness (QED) is 0.432. The molecule has 1 unspecified atom stereocenters. The van der Waals surface area contributed by atoms with Crippen molar-refractivity contribution in [2.45, 2.75) is 25.0 Å². The summed E-state index contributed by atoms with van der Waals surface area (Å²) in [5, 5.41) is 2.65. The molecule has 1 atom stereocenters. The lowest BCUT2D eigenvalue weighted by Crippen LogP contribution is -2.46. The number of thioether (sulfide) groups is 1. The summed E-state index contributed by atoms with van der Waals surface area (Å²) in [5.74, 6) is 0.376. The molecule has 1 heterocycles. The molecule has 2 amide bonds. The first kappa shape index (κ1) is 26.2. The highest BCUT2D eigenvalue weighted by molar-refractivity contribution is 8.15. The minimum atomic E-state index is -0.649. The predicted molar refractivity (Wildman–Crippen MR) is 144 cm³/mol. The van der Waals surface area contributed by atoms with Crippen LogP contribution in [0.1, 0.15) is 17.5 Å². The molecule has 192 valence electrons. The largest absolute Gasteiger partial charge is 0.493 e. The number of rotatable bonds is 8. The second-order valence-corrected chi connectivity index (χ2v) is 9.69. The van der Waals surface area contributed by atoms with Gasteiger partial charge in [0.1, 0.15) is 11.1 Å². The van der Waals surface area contributed by atoms with Crippen LogP contribution in [-0.4, -0.2) is 47.9 Å². The summed E-state index contributed by atoms with van der Waals surface area (Å²) >= 11 is 1.23. The van der Waals surface area contributed by atoms with Crippen molar-refractivity contribution >= 4 is 40.1 Å². The third-order valence-electron chi connectivity index (χ3n) is 5.84. The van der Waals surface area contributed by atoms with Gasteiger partial charge < -0.3 is 14.8 Å². The monoisotopic (exact) mass is 521 g/mol. The van der Waals surface area contributed by atoms with Crippen LogP contribution < -0.4 is 14.8 Å². The molecule has 0 aromatic heterocycles. The number of carbonyl (C=O) groups excluding carboxylic acids is 2. The molecule has 9 heteroatoms. The topological polar surface area (TPSA) is 80.2 Å². The number of amides is 2. The Bertz CT molecular complexity index is 1310. The van der Waals surface area contributed by atoms with Gasteiger partial charge in [-0.15, -0.1) is 0 Å². The molecule has 1 aliphatic heterocycles. The predicted octanol–water partition coefficient (Wildman–Crippen LogP) is 5.35. The van der Waals surface area contributed by atoms with Crippen LogP contribution in [-0.2, 0) is 16.0 Å². The van der Waals surface area contributed by atoms with Crippen LogP contribution in [0.15, 0.2) is 71.7 Å². The van der Waals surface area contributed by atoms with Gasteiger partial charge in [-0.25, -0.2) is 9.38 Å². The minimum absolute atomic E-state index is 0.0384. The van der Waals surface area contributed by atoms with Crippen molar-refractivity contribution in [2.24, 2.45) is 4.99 Å². The fraction of sp³-hybridized carbons (Fsp3) is 0.250. The van der Waals surface area contributed by atoms with Gasteiger partial charge in [-0.05, 0) is 73.0 Å². The van der Waals surface area contributed by atoms with Gasteiger partial charge in [-0.1, -0.05) is 30.0 Å². The van der Waals surface area contributed by atoms with Crippen LogP contribution in [0.4, 0.5) is 15.8 Å². The molecule has 1 aliphatic rings. The van der Waals surface area contributed by atoms with Crippen molar-refractivity contribution in [3.8, 4) is 11.5 Å². The molecule has 1 saturated heterocycles. The molecule has 4 rings (SSSR count). The number of carbonyl (C=O) groups is 2. The van der Waals surface area contributed by atoms with Crippen LogP contribution in [0.25, 0.3) is 0 Å². The molecule has 0 radical (unpaired) electrons. The molecular formula is C28H28FN3O4S. The molecule has 0 bridgehead atoms. The summed E-state index contributed by atoms with van der Waals surface area (Å²) in [4.78, 5) is 32.5. The number of aliphatic imine (C=N–C) groups is 1. The number of hydrogen-bond donors (Lipinski definition) is 1. The maximum Gasteiger partial charge on any atom is 0.238 e. The fourth-order valence-corrected chi connectivity index (χ4v) is 5.03. The number of benzene rings is 3.